The maximum atomic E-state index is 3.53. The van der Waals surface area contributed by atoms with Gasteiger partial charge in [0.2, 0.25) is 0 Å². The minimum Gasteiger partial charge on any atom is -0.312 e. The Hall–Kier alpha value is -0.860. The van der Waals surface area contributed by atoms with Crippen molar-refractivity contribution in [2.75, 3.05) is 6.54 Å². The van der Waals surface area contributed by atoms with E-state index in [1.165, 1.54) is 29.5 Å². The number of rotatable bonds is 4. The number of hydrogen-bond donors (Lipinski definition) is 2. The Morgan fingerprint density at radius 2 is 1.94 bits per heavy atom. The molecule has 0 bridgehead atoms. The zero-order chi connectivity index (χ0) is 12.3. The van der Waals surface area contributed by atoms with Crippen LogP contribution in [0.4, 0.5) is 0 Å². The first-order valence-corrected chi connectivity index (χ1v) is 6.61. The highest BCUT2D eigenvalue weighted by Gasteiger charge is 2.10. The quantitative estimate of drug-likeness (QED) is 0.780. The molecule has 2 heteroatoms. The van der Waals surface area contributed by atoms with Crippen LogP contribution in [0.5, 0.6) is 0 Å². The van der Waals surface area contributed by atoms with Crippen LogP contribution in [0, 0.1) is 0 Å². The van der Waals surface area contributed by atoms with E-state index in [1.807, 2.05) is 0 Å². The highest BCUT2D eigenvalue weighted by molar-refractivity contribution is 5.34. The third kappa shape index (κ3) is 3.83. The molecule has 0 spiro atoms. The van der Waals surface area contributed by atoms with Gasteiger partial charge in [-0.05, 0) is 56.8 Å². The molecule has 1 aromatic carbocycles. The van der Waals surface area contributed by atoms with Gasteiger partial charge in [0.15, 0.2) is 0 Å². The lowest BCUT2D eigenvalue weighted by atomic mass is 10.0. The molecule has 1 heterocycles. The Balaban J connectivity index is 1.80. The lowest BCUT2D eigenvalue weighted by molar-refractivity contribution is 0.422. The Morgan fingerprint density at radius 1 is 1.18 bits per heavy atom. The van der Waals surface area contributed by atoms with Crippen molar-refractivity contribution < 1.29 is 0 Å². The molecule has 0 amide bonds. The zero-order valence-corrected chi connectivity index (χ0v) is 11.3. The predicted molar refractivity (Wildman–Crippen MR) is 73.1 cm³/mol. The normalized spacial score (nSPS) is 15.0. The summed E-state index contributed by atoms with van der Waals surface area (Å²) in [6.45, 7) is 9.83. The lowest BCUT2D eigenvalue weighted by Gasteiger charge is -2.20. The Morgan fingerprint density at radius 3 is 2.71 bits per heavy atom. The molecule has 0 atom stereocenters. The summed E-state index contributed by atoms with van der Waals surface area (Å²) in [6.07, 6.45) is 2.39. The van der Waals surface area contributed by atoms with Crippen LogP contribution in [0.1, 0.15) is 43.9 Å². The summed E-state index contributed by atoms with van der Waals surface area (Å²) in [4.78, 5) is 0. The van der Waals surface area contributed by atoms with Gasteiger partial charge in [-0.3, -0.25) is 0 Å². The van der Waals surface area contributed by atoms with E-state index in [9.17, 15) is 0 Å². The van der Waals surface area contributed by atoms with Crippen LogP contribution in [0.3, 0.4) is 0 Å². The Kier molecular flexibility index (Phi) is 3.85. The summed E-state index contributed by atoms with van der Waals surface area (Å²) in [7, 11) is 0. The van der Waals surface area contributed by atoms with Crippen LogP contribution in [0.2, 0.25) is 0 Å². The molecule has 0 saturated heterocycles. The first-order chi connectivity index (χ1) is 8.04. The molecule has 0 aromatic heterocycles. The van der Waals surface area contributed by atoms with E-state index in [2.05, 4.69) is 49.6 Å². The minimum absolute atomic E-state index is 0.238. The van der Waals surface area contributed by atoms with Gasteiger partial charge >= 0.3 is 0 Å². The monoisotopic (exact) mass is 232 g/mol. The van der Waals surface area contributed by atoms with E-state index in [4.69, 9.17) is 0 Å². The number of benzene rings is 1. The van der Waals surface area contributed by atoms with Crippen molar-refractivity contribution >= 4 is 0 Å². The molecular weight excluding hydrogens is 208 g/mol. The van der Waals surface area contributed by atoms with Gasteiger partial charge in [0.25, 0.3) is 0 Å². The fraction of sp³-hybridized carbons (Fsp3) is 0.600. The summed E-state index contributed by atoms with van der Waals surface area (Å²) >= 11 is 0. The second-order valence-electron chi connectivity index (χ2n) is 5.99. The number of fused-ring (bicyclic) bond motifs is 1. The number of nitrogens with one attached hydrogen (secondary N) is 2. The SMILES string of the molecule is CC(C)(C)NCCCc1ccc2c(c1)CNC2. The second kappa shape index (κ2) is 5.19. The minimum atomic E-state index is 0.238. The molecular formula is C15H24N2. The van der Waals surface area contributed by atoms with Crippen molar-refractivity contribution in [1.82, 2.24) is 10.6 Å². The van der Waals surface area contributed by atoms with Crippen LogP contribution >= 0.6 is 0 Å². The smallest absolute Gasteiger partial charge is 0.0212 e. The molecule has 2 rings (SSSR count). The van der Waals surface area contributed by atoms with Gasteiger partial charge in [0.1, 0.15) is 0 Å². The van der Waals surface area contributed by atoms with E-state index >= 15 is 0 Å². The van der Waals surface area contributed by atoms with Crippen LogP contribution in [-0.2, 0) is 19.5 Å². The van der Waals surface area contributed by atoms with Crippen LogP contribution < -0.4 is 10.6 Å². The Labute approximate surface area is 105 Å². The maximum absolute atomic E-state index is 3.53. The van der Waals surface area contributed by atoms with E-state index in [-0.39, 0.29) is 5.54 Å². The predicted octanol–water partition coefficient (Wildman–Crippen LogP) is 2.61. The molecule has 0 fully saturated rings. The van der Waals surface area contributed by atoms with Crippen LogP contribution in [0.25, 0.3) is 0 Å². The lowest BCUT2D eigenvalue weighted by Crippen LogP contribution is -2.36. The van der Waals surface area contributed by atoms with Gasteiger partial charge in [0, 0.05) is 18.6 Å². The molecule has 1 aliphatic rings. The molecule has 17 heavy (non-hydrogen) atoms. The van der Waals surface area contributed by atoms with Gasteiger partial charge < -0.3 is 10.6 Å². The van der Waals surface area contributed by atoms with Crippen LogP contribution in [0.15, 0.2) is 18.2 Å². The highest BCUT2D eigenvalue weighted by Crippen LogP contribution is 2.17. The average molecular weight is 232 g/mol. The molecule has 2 nitrogen and oxygen atoms in total. The van der Waals surface area contributed by atoms with Crippen molar-refractivity contribution in [2.24, 2.45) is 0 Å². The number of aryl methyl sites for hydroxylation is 1. The highest BCUT2D eigenvalue weighted by atomic mass is 14.9. The van der Waals surface area contributed by atoms with Crippen LogP contribution in [-0.4, -0.2) is 12.1 Å². The second-order valence-corrected chi connectivity index (χ2v) is 5.99. The summed E-state index contributed by atoms with van der Waals surface area (Å²) in [5, 5.41) is 6.92. The molecule has 94 valence electrons. The fourth-order valence-corrected chi connectivity index (χ4v) is 2.26. The fourth-order valence-electron chi connectivity index (χ4n) is 2.26. The molecule has 2 N–H and O–H groups in total. The molecule has 0 saturated carbocycles. The van der Waals surface area contributed by atoms with E-state index in [0.717, 1.165) is 19.6 Å². The summed E-state index contributed by atoms with van der Waals surface area (Å²) in [6, 6.07) is 6.93. The largest absolute Gasteiger partial charge is 0.312 e. The van der Waals surface area contributed by atoms with Gasteiger partial charge in [-0.25, -0.2) is 0 Å². The van der Waals surface area contributed by atoms with E-state index in [0.29, 0.717) is 0 Å². The molecule has 0 aliphatic carbocycles. The van der Waals surface area contributed by atoms with Gasteiger partial charge in [-0.1, -0.05) is 18.2 Å². The van der Waals surface area contributed by atoms with Crippen molar-refractivity contribution in [2.45, 2.75) is 52.2 Å². The Bertz CT molecular complexity index is 377. The summed E-state index contributed by atoms with van der Waals surface area (Å²) in [5.41, 5.74) is 4.68. The van der Waals surface area contributed by atoms with E-state index < -0.39 is 0 Å². The van der Waals surface area contributed by atoms with Crippen molar-refractivity contribution in [3.8, 4) is 0 Å². The first kappa shape index (κ1) is 12.6. The van der Waals surface area contributed by atoms with Gasteiger partial charge in [-0.2, -0.15) is 0 Å². The van der Waals surface area contributed by atoms with E-state index in [1.54, 1.807) is 0 Å². The zero-order valence-electron chi connectivity index (χ0n) is 11.3. The van der Waals surface area contributed by atoms with Gasteiger partial charge in [0.05, 0.1) is 0 Å². The average Bonchev–Trinajstić information content (AvgIpc) is 2.70. The molecule has 0 radical (unpaired) electrons. The molecule has 0 unspecified atom stereocenters. The first-order valence-electron chi connectivity index (χ1n) is 6.61. The standard InChI is InChI=1S/C15H24N2/c1-15(2,3)17-8-4-5-12-6-7-13-10-16-11-14(13)9-12/h6-7,9,16-17H,4-5,8,10-11H2,1-3H3. The third-order valence-electron chi connectivity index (χ3n) is 3.20. The van der Waals surface area contributed by atoms with Crippen molar-refractivity contribution in [1.29, 1.82) is 0 Å². The molecule has 1 aromatic rings. The number of hydrogen-bond acceptors (Lipinski definition) is 2. The summed E-state index contributed by atoms with van der Waals surface area (Å²) < 4.78 is 0. The van der Waals surface area contributed by atoms with Gasteiger partial charge in [-0.15, -0.1) is 0 Å². The topological polar surface area (TPSA) is 24.1 Å². The van der Waals surface area contributed by atoms with Crippen molar-refractivity contribution in [3.05, 3.63) is 34.9 Å². The molecule has 1 aliphatic heterocycles. The summed E-state index contributed by atoms with van der Waals surface area (Å²) in [5.74, 6) is 0. The third-order valence-corrected chi connectivity index (χ3v) is 3.20. The van der Waals surface area contributed by atoms with Crippen molar-refractivity contribution in [3.63, 3.8) is 0 Å². The maximum Gasteiger partial charge on any atom is 0.0212 e.